The third-order valence-electron chi connectivity index (χ3n) is 2.95. The standard InChI is InChI=1S/C12H12F3NO/c13-12(14,15)9-6-10(16-11(17)7-9)8-4-2-1-3-5-8/h1-5,9-10H,6-7H2,(H,16,17). The molecule has 1 aromatic carbocycles. The van der Waals surface area contributed by atoms with E-state index in [0.717, 1.165) is 5.56 Å². The van der Waals surface area contributed by atoms with Crippen molar-refractivity contribution < 1.29 is 18.0 Å². The number of rotatable bonds is 1. The maximum atomic E-state index is 12.6. The van der Waals surface area contributed by atoms with Crippen molar-refractivity contribution in [2.75, 3.05) is 0 Å². The fraction of sp³-hybridized carbons (Fsp3) is 0.417. The monoisotopic (exact) mass is 243 g/mol. The number of halogens is 3. The van der Waals surface area contributed by atoms with Crippen molar-refractivity contribution in [3.63, 3.8) is 0 Å². The third-order valence-corrected chi connectivity index (χ3v) is 2.95. The quantitative estimate of drug-likeness (QED) is 0.807. The summed E-state index contributed by atoms with van der Waals surface area (Å²) in [5, 5.41) is 2.60. The van der Waals surface area contributed by atoms with Crippen LogP contribution in [0.4, 0.5) is 13.2 Å². The smallest absolute Gasteiger partial charge is 0.349 e. The minimum atomic E-state index is -4.30. The molecule has 0 saturated carbocycles. The highest BCUT2D eigenvalue weighted by molar-refractivity contribution is 5.77. The fourth-order valence-corrected chi connectivity index (χ4v) is 2.06. The molecule has 2 rings (SSSR count). The lowest BCUT2D eigenvalue weighted by molar-refractivity contribution is -0.186. The van der Waals surface area contributed by atoms with Crippen LogP contribution in [0.25, 0.3) is 0 Å². The Labute approximate surface area is 96.8 Å². The Bertz CT molecular complexity index is 402. The number of benzene rings is 1. The zero-order valence-corrected chi connectivity index (χ0v) is 9.00. The summed E-state index contributed by atoms with van der Waals surface area (Å²) in [5.74, 6) is -2.08. The van der Waals surface area contributed by atoms with Crippen LogP contribution in [0.2, 0.25) is 0 Å². The molecule has 1 fully saturated rings. The van der Waals surface area contributed by atoms with Gasteiger partial charge in [0, 0.05) is 6.42 Å². The second kappa shape index (κ2) is 4.39. The number of amides is 1. The SMILES string of the molecule is O=C1CC(C(F)(F)F)CC(c2ccccc2)N1. The van der Waals surface area contributed by atoms with E-state index in [1.807, 2.05) is 0 Å². The van der Waals surface area contributed by atoms with Gasteiger partial charge in [0.05, 0.1) is 12.0 Å². The highest BCUT2D eigenvalue weighted by Gasteiger charge is 2.44. The summed E-state index contributed by atoms with van der Waals surface area (Å²) in [6, 6.07) is 8.20. The number of alkyl halides is 3. The molecule has 1 heterocycles. The van der Waals surface area contributed by atoms with Crippen LogP contribution in [-0.2, 0) is 4.79 Å². The van der Waals surface area contributed by atoms with Gasteiger partial charge in [0.25, 0.3) is 0 Å². The lowest BCUT2D eigenvalue weighted by Crippen LogP contribution is -2.41. The Morgan fingerprint density at radius 1 is 1.18 bits per heavy atom. The second-order valence-electron chi connectivity index (χ2n) is 4.21. The molecule has 1 aliphatic heterocycles. The van der Waals surface area contributed by atoms with Crippen LogP contribution >= 0.6 is 0 Å². The summed E-state index contributed by atoms with van der Waals surface area (Å²) in [4.78, 5) is 11.3. The fourth-order valence-electron chi connectivity index (χ4n) is 2.06. The van der Waals surface area contributed by atoms with Gasteiger partial charge >= 0.3 is 6.18 Å². The molecule has 0 spiro atoms. The summed E-state index contributed by atoms with van der Waals surface area (Å²) >= 11 is 0. The number of piperidine rings is 1. The highest BCUT2D eigenvalue weighted by Crippen LogP contribution is 2.38. The van der Waals surface area contributed by atoms with Crippen LogP contribution in [0.15, 0.2) is 30.3 Å². The van der Waals surface area contributed by atoms with E-state index in [1.54, 1.807) is 30.3 Å². The molecule has 2 atom stereocenters. The van der Waals surface area contributed by atoms with Gasteiger partial charge in [0.1, 0.15) is 0 Å². The number of nitrogens with one attached hydrogen (secondary N) is 1. The molecular weight excluding hydrogens is 231 g/mol. The predicted molar refractivity (Wildman–Crippen MR) is 56.1 cm³/mol. The summed E-state index contributed by atoms with van der Waals surface area (Å²) in [7, 11) is 0. The molecule has 17 heavy (non-hydrogen) atoms. The van der Waals surface area contributed by atoms with E-state index in [1.165, 1.54) is 0 Å². The summed E-state index contributed by atoms with van der Waals surface area (Å²) < 4.78 is 37.9. The van der Waals surface area contributed by atoms with Crippen molar-refractivity contribution in [1.82, 2.24) is 5.32 Å². The predicted octanol–water partition coefficient (Wildman–Crippen LogP) is 2.82. The first-order valence-electron chi connectivity index (χ1n) is 5.38. The summed E-state index contributed by atoms with van der Waals surface area (Å²) in [6.07, 6.45) is -4.85. The van der Waals surface area contributed by atoms with E-state index in [4.69, 9.17) is 0 Å². The molecule has 1 N–H and O–H groups in total. The number of hydrogen-bond donors (Lipinski definition) is 1. The van der Waals surface area contributed by atoms with Gasteiger partial charge in [0.2, 0.25) is 5.91 Å². The Morgan fingerprint density at radius 3 is 2.41 bits per heavy atom. The van der Waals surface area contributed by atoms with E-state index < -0.39 is 30.5 Å². The van der Waals surface area contributed by atoms with Crippen LogP contribution < -0.4 is 5.32 Å². The molecule has 1 aliphatic rings. The van der Waals surface area contributed by atoms with Crippen molar-refractivity contribution in [2.24, 2.45) is 5.92 Å². The maximum Gasteiger partial charge on any atom is 0.392 e. The lowest BCUT2D eigenvalue weighted by atomic mass is 9.88. The molecule has 0 bridgehead atoms. The minimum Gasteiger partial charge on any atom is -0.349 e. The third kappa shape index (κ3) is 2.78. The van der Waals surface area contributed by atoms with Crippen molar-refractivity contribution >= 4 is 5.91 Å². The molecule has 92 valence electrons. The van der Waals surface area contributed by atoms with Gasteiger partial charge in [-0.1, -0.05) is 30.3 Å². The van der Waals surface area contributed by atoms with E-state index >= 15 is 0 Å². The first-order valence-corrected chi connectivity index (χ1v) is 5.38. The van der Waals surface area contributed by atoms with Crippen molar-refractivity contribution in [3.8, 4) is 0 Å². The average molecular weight is 243 g/mol. The van der Waals surface area contributed by atoms with Gasteiger partial charge in [-0.05, 0) is 12.0 Å². The topological polar surface area (TPSA) is 29.1 Å². The second-order valence-corrected chi connectivity index (χ2v) is 4.21. The van der Waals surface area contributed by atoms with Crippen LogP contribution in [0, 0.1) is 5.92 Å². The molecule has 0 radical (unpaired) electrons. The van der Waals surface area contributed by atoms with E-state index in [0.29, 0.717) is 0 Å². The van der Waals surface area contributed by atoms with Gasteiger partial charge < -0.3 is 5.32 Å². The normalized spacial score (nSPS) is 25.5. The van der Waals surface area contributed by atoms with Crippen LogP contribution in [0.1, 0.15) is 24.4 Å². The van der Waals surface area contributed by atoms with Gasteiger partial charge in [-0.3, -0.25) is 4.79 Å². The van der Waals surface area contributed by atoms with E-state index in [-0.39, 0.29) is 6.42 Å². The number of carbonyl (C=O) groups excluding carboxylic acids is 1. The maximum absolute atomic E-state index is 12.6. The van der Waals surface area contributed by atoms with Crippen molar-refractivity contribution in [1.29, 1.82) is 0 Å². The van der Waals surface area contributed by atoms with Gasteiger partial charge in [0.15, 0.2) is 0 Å². The van der Waals surface area contributed by atoms with Crippen LogP contribution in [0.5, 0.6) is 0 Å². The molecular formula is C12H12F3NO. The van der Waals surface area contributed by atoms with E-state index in [2.05, 4.69) is 5.32 Å². The molecule has 0 aliphatic carbocycles. The Morgan fingerprint density at radius 2 is 1.82 bits per heavy atom. The zero-order chi connectivity index (χ0) is 12.5. The van der Waals surface area contributed by atoms with Gasteiger partial charge in [-0.15, -0.1) is 0 Å². The van der Waals surface area contributed by atoms with E-state index in [9.17, 15) is 18.0 Å². The molecule has 1 aromatic rings. The molecule has 1 saturated heterocycles. The van der Waals surface area contributed by atoms with Crippen molar-refractivity contribution in [3.05, 3.63) is 35.9 Å². The minimum absolute atomic E-state index is 0.0841. The Hall–Kier alpha value is -1.52. The first-order chi connectivity index (χ1) is 7.97. The summed E-state index contributed by atoms with van der Waals surface area (Å²) in [5.41, 5.74) is 0.717. The molecule has 0 aromatic heterocycles. The van der Waals surface area contributed by atoms with Crippen molar-refractivity contribution in [2.45, 2.75) is 25.1 Å². The van der Waals surface area contributed by atoms with Crippen LogP contribution in [0.3, 0.4) is 0 Å². The Balaban J connectivity index is 2.17. The molecule has 2 nitrogen and oxygen atoms in total. The van der Waals surface area contributed by atoms with Crippen LogP contribution in [-0.4, -0.2) is 12.1 Å². The lowest BCUT2D eigenvalue weighted by Gasteiger charge is -2.31. The number of hydrogen-bond acceptors (Lipinski definition) is 1. The molecule has 5 heteroatoms. The molecule has 1 amide bonds. The number of carbonyl (C=O) groups is 1. The Kier molecular flexibility index (Phi) is 3.09. The van der Waals surface area contributed by atoms with Gasteiger partial charge in [-0.2, -0.15) is 13.2 Å². The molecule has 2 unspecified atom stereocenters. The largest absolute Gasteiger partial charge is 0.392 e. The first kappa shape index (κ1) is 12.0. The summed E-state index contributed by atoms with van der Waals surface area (Å²) in [6.45, 7) is 0. The van der Waals surface area contributed by atoms with Gasteiger partial charge in [-0.25, -0.2) is 0 Å². The zero-order valence-electron chi connectivity index (χ0n) is 9.00. The average Bonchev–Trinajstić information content (AvgIpc) is 2.28. The highest BCUT2D eigenvalue weighted by atomic mass is 19.4.